The van der Waals surface area contributed by atoms with E-state index in [0.717, 1.165) is 0 Å². The van der Waals surface area contributed by atoms with E-state index in [9.17, 15) is 5.11 Å². The summed E-state index contributed by atoms with van der Waals surface area (Å²) in [5.41, 5.74) is 0. The van der Waals surface area contributed by atoms with E-state index >= 15 is 0 Å². The van der Waals surface area contributed by atoms with E-state index in [1.807, 2.05) is 0 Å². The second-order valence-electron chi connectivity index (χ2n) is 3.65. The molecular formula is C10H15LiO7. The van der Waals surface area contributed by atoms with E-state index in [2.05, 4.69) is 0 Å². The quantitative estimate of drug-likeness (QED) is 0.352. The van der Waals surface area contributed by atoms with Gasteiger partial charge in [-0.05, 0) is 6.08 Å². The zero-order valence-corrected chi connectivity index (χ0v) is 10.7. The van der Waals surface area contributed by atoms with Crippen molar-refractivity contribution in [3.8, 4) is 0 Å². The molecule has 0 radical (unpaired) electrons. The van der Waals surface area contributed by atoms with E-state index < -0.39 is 30.5 Å². The molecule has 7 nitrogen and oxygen atoms in total. The molecule has 98 valence electrons. The van der Waals surface area contributed by atoms with Crippen molar-refractivity contribution in [1.29, 1.82) is 0 Å². The molecule has 18 heavy (non-hydrogen) atoms. The first-order valence-corrected chi connectivity index (χ1v) is 5.18. The van der Waals surface area contributed by atoms with Crippen LogP contribution in [0.4, 0.5) is 0 Å². The molecule has 4 atom stereocenters. The monoisotopic (exact) mass is 254 g/mol. The molecule has 0 unspecified atom stereocenters. The molecule has 8 heteroatoms. The van der Waals surface area contributed by atoms with E-state index in [4.69, 9.17) is 28.4 Å². The van der Waals surface area contributed by atoms with Crippen molar-refractivity contribution >= 4 is 0 Å². The number of rotatable bonds is 6. The SMILES string of the molecule is COCO[C@@H]1[C@@H]2OC([O-])=C[C@@H](O2)[C@H]1OCOC.[Li+]. The topological polar surface area (TPSA) is 78.4 Å². The van der Waals surface area contributed by atoms with Crippen LogP contribution in [0.3, 0.4) is 0 Å². The second-order valence-corrected chi connectivity index (χ2v) is 3.65. The third kappa shape index (κ3) is 3.39. The fourth-order valence-electron chi connectivity index (χ4n) is 1.82. The molecule has 0 saturated carbocycles. The Morgan fingerprint density at radius 2 is 1.78 bits per heavy atom. The minimum absolute atomic E-state index is 0. The van der Waals surface area contributed by atoms with Gasteiger partial charge in [0.25, 0.3) is 0 Å². The van der Waals surface area contributed by atoms with Gasteiger partial charge in [-0.2, -0.15) is 0 Å². The third-order valence-electron chi connectivity index (χ3n) is 2.50. The number of ether oxygens (including phenoxy) is 6. The number of hydrogen-bond donors (Lipinski definition) is 0. The van der Waals surface area contributed by atoms with E-state index in [1.54, 1.807) is 0 Å². The maximum Gasteiger partial charge on any atom is 1.00 e. The van der Waals surface area contributed by atoms with Crippen LogP contribution in [0.25, 0.3) is 0 Å². The van der Waals surface area contributed by atoms with Gasteiger partial charge in [-0.3, -0.25) is 0 Å². The fourth-order valence-corrected chi connectivity index (χ4v) is 1.82. The second kappa shape index (κ2) is 7.36. The number of fused-ring (bicyclic) bond motifs is 2. The Labute approximate surface area is 117 Å². The van der Waals surface area contributed by atoms with E-state index in [-0.39, 0.29) is 32.4 Å². The third-order valence-corrected chi connectivity index (χ3v) is 2.50. The Hall–Kier alpha value is -0.263. The summed E-state index contributed by atoms with van der Waals surface area (Å²) in [5.74, 6) is -0.430. The molecule has 0 aromatic carbocycles. The van der Waals surface area contributed by atoms with Crippen LogP contribution in [0, 0.1) is 0 Å². The van der Waals surface area contributed by atoms with Crippen LogP contribution >= 0.6 is 0 Å². The molecule has 0 N–H and O–H groups in total. The maximum atomic E-state index is 11.2. The van der Waals surface area contributed by atoms with Crippen LogP contribution in [0.1, 0.15) is 0 Å². The van der Waals surface area contributed by atoms with Gasteiger partial charge < -0.3 is 33.5 Å². The van der Waals surface area contributed by atoms with Crippen molar-refractivity contribution in [1.82, 2.24) is 0 Å². The van der Waals surface area contributed by atoms with Crippen molar-refractivity contribution in [2.75, 3.05) is 27.8 Å². The zero-order valence-electron chi connectivity index (χ0n) is 10.7. The summed E-state index contributed by atoms with van der Waals surface area (Å²) in [7, 11) is 3.02. The first-order chi connectivity index (χ1) is 8.26. The summed E-state index contributed by atoms with van der Waals surface area (Å²) in [4.78, 5) is 0. The normalized spacial score (nSPS) is 33.6. The number of hydrogen-bond acceptors (Lipinski definition) is 7. The predicted octanol–water partition coefficient (Wildman–Crippen LogP) is -4.07. The van der Waals surface area contributed by atoms with Crippen molar-refractivity contribution in [2.45, 2.75) is 24.6 Å². The van der Waals surface area contributed by atoms with Gasteiger partial charge in [0.2, 0.25) is 0 Å². The average molecular weight is 254 g/mol. The minimum atomic E-state index is -0.755. The summed E-state index contributed by atoms with van der Waals surface area (Å²) in [6.07, 6.45) is -0.861. The minimum Gasteiger partial charge on any atom is -0.584 e. The molecule has 0 aliphatic carbocycles. The molecule has 2 rings (SSSR count). The van der Waals surface area contributed by atoms with Gasteiger partial charge in [0.1, 0.15) is 38.2 Å². The fraction of sp³-hybridized carbons (Fsp3) is 0.800. The molecule has 0 spiro atoms. The summed E-state index contributed by atoms with van der Waals surface area (Å²) < 4.78 is 30.9. The summed E-state index contributed by atoms with van der Waals surface area (Å²) in [6.45, 7) is 0.160. The van der Waals surface area contributed by atoms with Crippen LogP contribution in [0.2, 0.25) is 0 Å². The largest absolute Gasteiger partial charge is 1.00 e. The van der Waals surface area contributed by atoms with Crippen LogP contribution in [-0.2, 0) is 28.4 Å². The predicted molar refractivity (Wildman–Crippen MR) is 51.3 cm³/mol. The van der Waals surface area contributed by atoms with Gasteiger partial charge in [0.15, 0.2) is 0 Å². The van der Waals surface area contributed by atoms with Gasteiger partial charge >= 0.3 is 18.9 Å². The Bertz CT molecular complexity index is 285. The smallest absolute Gasteiger partial charge is 0.584 e. The van der Waals surface area contributed by atoms with Crippen LogP contribution in [0.5, 0.6) is 0 Å². The van der Waals surface area contributed by atoms with Crippen molar-refractivity contribution in [3.63, 3.8) is 0 Å². The molecule has 0 aromatic heterocycles. The van der Waals surface area contributed by atoms with Gasteiger partial charge in [-0.1, -0.05) is 0 Å². The van der Waals surface area contributed by atoms with Gasteiger partial charge in [0.05, 0.1) is 5.95 Å². The summed E-state index contributed by atoms with van der Waals surface area (Å²) >= 11 is 0. The van der Waals surface area contributed by atoms with Gasteiger partial charge in [0, 0.05) is 14.2 Å². The molecule has 2 aliphatic heterocycles. The molecular weight excluding hydrogens is 239 g/mol. The van der Waals surface area contributed by atoms with Gasteiger partial charge in [-0.15, -0.1) is 0 Å². The molecule has 2 aliphatic rings. The summed E-state index contributed by atoms with van der Waals surface area (Å²) in [5, 5.41) is 11.2. The Kier molecular flexibility index (Phi) is 6.46. The first kappa shape index (κ1) is 15.8. The molecule has 1 saturated heterocycles. The van der Waals surface area contributed by atoms with Crippen LogP contribution in [0.15, 0.2) is 12.0 Å². The molecule has 0 amide bonds. The maximum absolute atomic E-state index is 11.2. The number of methoxy groups -OCH3 is 2. The average Bonchev–Trinajstić information content (AvgIpc) is 2.55. The standard InChI is InChI=1S/C10H16O7.Li/c1-12-4-14-8-6-3-7(11)17-10(16-6)9(8)15-5-13-2;/h3,6,8-11H,4-5H2,1-2H3;/q;+1/p-1/t6-,8-,9+,10+;/m1./s1. The van der Waals surface area contributed by atoms with Crippen molar-refractivity contribution in [2.24, 2.45) is 0 Å². The van der Waals surface area contributed by atoms with Crippen molar-refractivity contribution in [3.05, 3.63) is 12.0 Å². The van der Waals surface area contributed by atoms with Crippen LogP contribution in [-0.4, -0.2) is 52.4 Å². The Balaban J connectivity index is 0.00000162. The zero-order chi connectivity index (χ0) is 12.3. The first-order valence-electron chi connectivity index (χ1n) is 5.18. The van der Waals surface area contributed by atoms with E-state index in [1.165, 1.54) is 20.3 Å². The molecule has 2 heterocycles. The van der Waals surface area contributed by atoms with Crippen LogP contribution < -0.4 is 24.0 Å². The molecule has 0 aromatic rings. The summed E-state index contributed by atoms with van der Waals surface area (Å²) in [6, 6.07) is 0. The van der Waals surface area contributed by atoms with Gasteiger partial charge in [-0.25, -0.2) is 0 Å². The van der Waals surface area contributed by atoms with E-state index in [0.29, 0.717) is 0 Å². The molecule has 1 fully saturated rings. The Morgan fingerprint density at radius 3 is 2.39 bits per heavy atom. The molecule has 2 bridgehead atoms. The Morgan fingerprint density at radius 1 is 1.17 bits per heavy atom. The van der Waals surface area contributed by atoms with Crippen molar-refractivity contribution < 1.29 is 52.4 Å².